The van der Waals surface area contributed by atoms with Crippen LogP contribution in [0.5, 0.6) is 0 Å². The van der Waals surface area contributed by atoms with E-state index >= 15 is 0 Å². The van der Waals surface area contributed by atoms with E-state index in [-0.39, 0.29) is 0 Å². The predicted octanol–water partition coefficient (Wildman–Crippen LogP) is -0.594. The molecule has 3 rings (SSSR count). The van der Waals surface area contributed by atoms with E-state index in [0.717, 1.165) is 11.0 Å². The van der Waals surface area contributed by atoms with Gasteiger partial charge in [-0.2, -0.15) is 9.61 Å². The maximum absolute atomic E-state index is 4.16. The van der Waals surface area contributed by atoms with Crippen LogP contribution in [0.4, 0.5) is 0 Å². The molecule has 0 bridgehead atoms. The van der Waals surface area contributed by atoms with Crippen molar-refractivity contribution in [2.45, 2.75) is 0 Å². The van der Waals surface area contributed by atoms with Gasteiger partial charge in [-0.1, -0.05) is 0 Å². The molecular weight excluding hydrogens is 170 g/mol. The van der Waals surface area contributed by atoms with Crippen LogP contribution in [0.25, 0.3) is 16.7 Å². The first kappa shape index (κ1) is 6.46. The summed E-state index contributed by atoms with van der Waals surface area (Å²) in [5, 5.41) is 16.1. The van der Waals surface area contributed by atoms with Crippen LogP contribution in [0.2, 0.25) is 0 Å². The van der Waals surface area contributed by atoms with Crippen LogP contribution in [0.15, 0.2) is 12.5 Å². The lowest BCUT2D eigenvalue weighted by atomic mass is 10.4. The first-order valence-corrected chi connectivity index (χ1v) is 3.70. The minimum atomic E-state index is 0.679. The molecule has 0 saturated carbocycles. The third-order valence-electron chi connectivity index (χ3n) is 1.93. The Kier molecular flexibility index (Phi) is 0.996. The van der Waals surface area contributed by atoms with Crippen molar-refractivity contribution in [3.63, 3.8) is 0 Å². The average molecular weight is 175 g/mol. The van der Waals surface area contributed by atoms with Crippen LogP contribution in [-0.2, 0) is 7.05 Å². The molecule has 0 N–H and O–H groups in total. The summed E-state index contributed by atoms with van der Waals surface area (Å²) in [5.41, 5.74) is 1.46. The fourth-order valence-corrected chi connectivity index (χ4v) is 1.30. The quantitative estimate of drug-likeness (QED) is 0.456. The van der Waals surface area contributed by atoms with Gasteiger partial charge in [0.2, 0.25) is 0 Å². The minimum Gasteiger partial charge on any atom is -0.250 e. The fourth-order valence-electron chi connectivity index (χ4n) is 1.30. The van der Waals surface area contributed by atoms with Gasteiger partial charge in [0, 0.05) is 7.05 Å². The molecule has 7 nitrogen and oxygen atoms in total. The van der Waals surface area contributed by atoms with Crippen LogP contribution in [0.1, 0.15) is 0 Å². The molecule has 3 aromatic rings. The Hall–Kier alpha value is -2.05. The Bertz CT molecular complexity index is 577. The van der Waals surface area contributed by atoms with Crippen LogP contribution in [-0.4, -0.2) is 34.8 Å². The number of hydrogen-bond donors (Lipinski definition) is 0. The SMILES string of the molecule is Cn1ncc2c1ncn1nnnc21. The molecule has 64 valence electrons. The third kappa shape index (κ3) is 0.701. The number of aryl methyl sites for hydroxylation is 1. The Morgan fingerprint density at radius 1 is 1.31 bits per heavy atom. The molecule has 0 aliphatic heterocycles. The molecule has 0 aromatic carbocycles. The predicted molar refractivity (Wildman–Crippen MR) is 42.8 cm³/mol. The summed E-state index contributed by atoms with van der Waals surface area (Å²) < 4.78 is 3.20. The lowest BCUT2D eigenvalue weighted by molar-refractivity contribution is 0.776. The number of aromatic nitrogens is 7. The van der Waals surface area contributed by atoms with Crippen molar-refractivity contribution >= 4 is 16.7 Å². The molecule has 13 heavy (non-hydrogen) atoms. The molecule has 0 fully saturated rings. The number of hydrogen-bond acceptors (Lipinski definition) is 5. The van der Waals surface area contributed by atoms with Crippen LogP contribution in [0, 0.1) is 0 Å². The van der Waals surface area contributed by atoms with Gasteiger partial charge in [-0.05, 0) is 10.4 Å². The molecule has 0 amide bonds. The lowest BCUT2D eigenvalue weighted by Crippen LogP contribution is -1.94. The van der Waals surface area contributed by atoms with Gasteiger partial charge in [0.1, 0.15) is 6.33 Å². The van der Waals surface area contributed by atoms with Gasteiger partial charge in [0.25, 0.3) is 0 Å². The van der Waals surface area contributed by atoms with Crippen molar-refractivity contribution in [2.75, 3.05) is 0 Å². The van der Waals surface area contributed by atoms with E-state index in [1.807, 2.05) is 7.05 Å². The molecule has 3 heterocycles. The van der Waals surface area contributed by atoms with Crippen LogP contribution >= 0.6 is 0 Å². The summed E-state index contributed by atoms with van der Waals surface area (Å²) in [6, 6.07) is 0. The molecule has 0 radical (unpaired) electrons. The van der Waals surface area contributed by atoms with Gasteiger partial charge in [-0.15, -0.1) is 5.10 Å². The summed E-state index contributed by atoms with van der Waals surface area (Å²) in [6.45, 7) is 0. The zero-order chi connectivity index (χ0) is 8.84. The third-order valence-corrected chi connectivity index (χ3v) is 1.93. The van der Waals surface area contributed by atoms with Crippen molar-refractivity contribution in [3.8, 4) is 0 Å². The number of rotatable bonds is 0. The van der Waals surface area contributed by atoms with Gasteiger partial charge < -0.3 is 0 Å². The van der Waals surface area contributed by atoms with Gasteiger partial charge >= 0.3 is 0 Å². The Labute approximate surface area is 72.0 Å². The Morgan fingerprint density at radius 3 is 3.15 bits per heavy atom. The molecule has 0 spiro atoms. The van der Waals surface area contributed by atoms with E-state index in [9.17, 15) is 0 Å². The normalized spacial score (nSPS) is 11.5. The largest absolute Gasteiger partial charge is 0.250 e. The maximum Gasteiger partial charge on any atom is 0.193 e. The fraction of sp³-hybridized carbons (Fsp3) is 0.167. The molecule has 0 aliphatic carbocycles. The molecular formula is C6H5N7. The second-order valence-electron chi connectivity index (χ2n) is 2.70. The molecule has 0 aliphatic rings. The second-order valence-corrected chi connectivity index (χ2v) is 2.70. The van der Waals surface area contributed by atoms with Crippen molar-refractivity contribution in [3.05, 3.63) is 12.5 Å². The summed E-state index contributed by atoms with van der Waals surface area (Å²) in [4.78, 5) is 4.16. The van der Waals surface area contributed by atoms with Gasteiger partial charge in [0.05, 0.1) is 11.6 Å². The zero-order valence-corrected chi connectivity index (χ0v) is 6.79. The smallest absolute Gasteiger partial charge is 0.193 e. The van der Waals surface area contributed by atoms with Crippen LogP contribution < -0.4 is 0 Å². The van der Waals surface area contributed by atoms with E-state index < -0.39 is 0 Å². The number of fused-ring (bicyclic) bond motifs is 3. The minimum absolute atomic E-state index is 0.679. The van der Waals surface area contributed by atoms with Crippen molar-refractivity contribution in [1.29, 1.82) is 0 Å². The average Bonchev–Trinajstić information content (AvgIpc) is 2.70. The first-order valence-electron chi connectivity index (χ1n) is 3.70. The number of nitrogens with zero attached hydrogens (tertiary/aromatic N) is 7. The molecule has 0 atom stereocenters. The Balaban J connectivity index is 2.66. The topological polar surface area (TPSA) is 73.8 Å². The van der Waals surface area contributed by atoms with Gasteiger partial charge in [-0.25, -0.2) is 4.98 Å². The summed E-state index contributed by atoms with van der Waals surface area (Å²) >= 11 is 0. The summed E-state index contributed by atoms with van der Waals surface area (Å²) in [6.07, 6.45) is 3.27. The van der Waals surface area contributed by atoms with E-state index in [0.29, 0.717) is 5.65 Å². The Morgan fingerprint density at radius 2 is 2.23 bits per heavy atom. The highest BCUT2D eigenvalue weighted by atomic mass is 15.5. The van der Waals surface area contributed by atoms with E-state index in [1.165, 1.54) is 4.52 Å². The molecule has 0 unspecified atom stereocenters. The summed E-state index contributed by atoms with van der Waals surface area (Å²) in [7, 11) is 1.83. The number of tetrazole rings is 1. The maximum atomic E-state index is 4.16. The highest BCUT2D eigenvalue weighted by Gasteiger charge is 2.07. The second kappa shape index (κ2) is 2.00. The van der Waals surface area contributed by atoms with Crippen molar-refractivity contribution in [2.24, 2.45) is 7.05 Å². The van der Waals surface area contributed by atoms with Crippen molar-refractivity contribution < 1.29 is 0 Å². The van der Waals surface area contributed by atoms with E-state index in [4.69, 9.17) is 0 Å². The van der Waals surface area contributed by atoms with E-state index in [1.54, 1.807) is 17.2 Å². The highest BCUT2D eigenvalue weighted by molar-refractivity contribution is 5.87. The molecule has 3 aromatic heterocycles. The highest BCUT2D eigenvalue weighted by Crippen LogP contribution is 2.12. The standard InChI is InChI=1S/C6H5N7/c1-12-5-4(2-8-12)6-9-10-11-13(6)3-7-5/h2-3H,1H3. The molecule has 7 heteroatoms. The lowest BCUT2D eigenvalue weighted by Gasteiger charge is -1.92. The zero-order valence-electron chi connectivity index (χ0n) is 6.79. The van der Waals surface area contributed by atoms with Crippen LogP contribution in [0.3, 0.4) is 0 Å². The molecule has 0 saturated heterocycles. The monoisotopic (exact) mass is 175 g/mol. The summed E-state index contributed by atoms with van der Waals surface area (Å²) in [5.74, 6) is 0. The van der Waals surface area contributed by atoms with Gasteiger partial charge in [0.15, 0.2) is 11.3 Å². The first-order chi connectivity index (χ1) is 6.36. The van der Waals surface area contributed by atoms with Gasteiger partial charge in [-0.3, -0.25) is 4.68 Å². The van der Waals surface area contributed by atoms with E-state index in [2.05, 4.69) is 25.6 Å². The van der Waals surface area contributed by atoms with Crippen molar-refractivity contribution in [1.82, 2.24) is 34.8 Å².